The van der Waals surface area contributed by atoms with Gasteiger partial charge >= 0.3 is 6.18 Å². The fourth-order valence-electron chi connectivity index (χ4n) is 1.70. The van der Waals surface area contributed by atoms with Crippen LogP contribution in [0.2, 0.25) is 0 Å². The van der Waals surface area contributed by atoms with E-state index in [0.29, 0.717) is 18.4 Å². The summed E-state index contributed by atoms with van der Waals surface area (Å²) in [5, 5.41) is 0.606. The molecule has 3 nitrogen and oxygen atoms in total. The Hall–Kier alpha value is -1.08. The minimum absolute atomic E-state index is 0.0596. The maximum atomic E-state index is 12.0. The van der Waals surface area contributed by atoms with Gasteiger partial charge in [0.15, 0.2) is 0 Å². The predicted molar refractivity (Wildman–Crippen MR) is 77.1 cm³/mol. The number of hydrogen-bond donors (Lipinski definition) is 0. The Bertz CT molecular complexity index is 426. The maximum absolute atomic E-state index is 12.0. The van der Waals surface area contributed by atoms with Crippen LogP contribution in [0.1, 0.15) is 12.0 Å². The molecule has 0 aromatic heterocycles. The average Bonchev–Trinajstić information content (AvgIpc) is 2.43. The number of halogens is 4. The lowest BCUT2D eigenvalue weighted by Gasteiger charge is -2.22. The maximum Gasteiger partial charge on any atom is 0.411 e. The minimum atomic E-state index is -4.36. The number of amides is 1. The van der Waals surface area contributed by atoms with Gasteiger partial charge in [0.1, 0.15) is 6.61 Å². The van der Waals surface area contributed by atoms with E-state index in [0.717, 1.165) is 5.56 Å². The summed E-state index contributed by atoms with van der Waals surface area (Å²) >= 11 is 3.27. The smallest absolute Gasteiger partial charge is 0.372 e. The molecule has 0 fully saturated rings. The largest absolute Gasteiger partial charge is 0.411 e. The zero-order chi connectivity index (χ0) is 15.7. The molecule has 1 aromatic carbocycles. The molecule has 0 heterocycles. The van der Waals surface area contributed by atoms with E-state index in [4.69, 9.17) is 0 Å². The van der Waals surface area contributed by atoms with Crippen LogP contribution >= 0.6 is 15.9 Å². The molecular formula is C14H17BrF3NO2. The molecule has 1 aromatic rings. The van der Waals surface area contributed by atoms with E-state index in [1.165, 1.54) is 0 Å². The van der Waals surface area contributed by atoms with Crippen molar-refractivity contribution in [3.63, 3.8) is 0 Å². The highest BCUT2D eigenvalue weighted by atomic mass is 79.9. The molecule has 0 unspecified atom stereocenters. The molecule has 0 saturated heterocycles. The van der Waals surface area contributed by atoms with Crippen molar-refractivity contribution < 1.29 is 22.7 Å². The number of benzene rings is 1. The second-order valence-electron chi connectivity index (χ2n) is 4.41. The topological polar surface area (TPSA) is 29.5 Å². The first-order chi connectivity index (χ1) is 9.92. The van der Waals surface area contributed by atoms with Crippen LogP contribution in [-0.4, -0.2) is 42.1 Å². The summed E-state index contributed by atoms with van der Waals surface area (Å²) in [5.41, 5.74) is 0.975. The van der Waals surface area contributed by atoms with E-state index in [9.17, 15) is 18.0 Å². The quantitative estimate of drug-likeness (QED) is 0.520. The molecule has 1 rings (SSSR count). The molecule has 0 N–H and O–H groups in total. The van der Waals surface area contributed by atoms with Gasteiger partial charge in [-0.3, -0.25) is 4.79 Å². The average molecular weight is 368 g/mol. The molecule has 0 radical (unpaired) electrons. The van der Waals surface area contributed by atoms with E-state index in [-0.39, 0.29) is 18.9 Å². The molecule has 0 aliphatic heterocycles. The first kappa shape index (κ1) is 18.0. The van der Waals surface area contributed by atoms with Gasteiger partial charge in [-0.05, 0) is 5.56 Å². The summed E-state index contributed by atoms with van der Waals surface area (Å²) in [5.74, 6) is -0.222. The first-order valence-electron chi connectivity index (χ1n) is 6.44. The van der Waals surface area contributed by atoms with Gasteiger partial charge in [-0.1, -0.05) is 46.3 Å². The lowest BCUT2D eigenvalue weighted by molar-refractivity contribution is -0.175. The van der Waals surface area contributed by atoms with Crippen molar-refractivity contribution in [2.24, 2.45) is 0 Å². The van der Waals surface area contributed by atoms with E-state index in [1.54, 1.807) is 4.90 Å². The van der Waals surface area contributed by atoms with Crippen LogP contribution in [0.4, 0.5) is 13.2 Å². The minimum Gasteiger partial charge on any atom is -0.372 e. The van der Waals surface area contributed by atoms with Crippen molar-refractivity contribution in [3.8, 4) is 0 Å². The number of hydrogen-bond acceptors (Lipinski definition) is 2. The van der Waals surface area contributed by atoms with E-state index < -0.39 is 12.8 Å². The molecule has 118 valence electrons. The zero-order valence-corrected chi connectivity index (χ0v) is 13.0. The monoisotopic (exact) mass is 367 g/mol. The zero-order valence-electron chi connectivity index (χ0n) is 11.4. The van der Waals surface area contributed by atoms with Crippen LogP contribution in [0.15, 0.2) is 30.3 Å². The van der Waals surface area contributed by atoms with E-state index in [1.807, 2.05) is 30.3 Å². The molecule has 0 aliphatic rings. The molecule has 7 heteroatoms. The van der Waals surface area contributed by atoms with Crippen LogP contribution < -0.4 is 0 Å². The molecule has 21 heavy (non-hydrogen) atoms. The van der Waals surface area contributed by atoms with Crippen molar-refractivity contribution >= 4 is 21.8 Å². The summed E-state index contributed by atoms with van der Waals surface area (Å²) in [6.07, 6.45) is -4.42. The highest BCUT2D eigenvalue weighted by Crippen LogP contribution is 2.14. The van der Waals surface area contributed by atoms with Crippen LogP contribution in [-0.2, 0) is 16.1 Å². The fraction of sp³-hybridized carbons (Fsp3) is 0.500. The number of carbonyl (C=O) groups is 1. The Kier molecular flexibility index (Phi) is 7.74. The summed E-state index contributed by atoms with van der Waals surface area (Å²) in [4.78, 5) is 13.6. The lowest BCUT2D eigenvalue weighted by atomic mass is 10.2. The van der Waals surface area contributed by atoms with Gasteiger partial charge in [-0.25, -0.2) is 0 Å². The summed E-state index contributed by atoms with van der Waals surface area (Å²) in [6.45, 7) is -0.624. The second-order valence-corrected chi connectivity index (χ2v) is 5.20. The Morgan fingerprint density at radius 3 is 2.48 bits per heavy atom. The van der Waals surface area contributed by atoms with E-state index in [2.05, 4.69) is 20.7 Å². The first-order valence-corrected chi connectivity index (χ1v) is 7.56. The van der Waals surface area contributed by atoms with Gasteiger partial charge in [0.25, 0.3) is 0 Å². The molecule has 1 amide bonds. The second kappa shape index (κ2) is 9.04. The normalized spacial score (nSPS) is 11.4. The Labute approximate surface area is 130 Å². The molecule has 0 aliphatic carbocycles. The van der Waals surface area contributed by atoms with Gasteiger partial charge < -0.3 is 9.64 Å². The molecule has 0 saturated carbocycles. The van der Waals surface area contributed by atoms with E-state index >= 15 is 0 Å². The van der Waals surface area contributed by atoms with Crippen molar-refractivity contribution in [2.45, 2.75) is 19.1 Å². The number of alkyl halides is 4. The van der Waals surface area contributed by atoms with Gasteiger partial charge in [0, 0.05) is 18.4 Å². The Balaban J connectivity index is 2.42. The third kappa shape index (κ3) is 8.06. The number of ether oxygens (including phenoxy) is 1. The van der Waals surface area contributed by atoms with Crippen LogP contribution in [0.3, 0.4) is 0 Å². The molecule has 0 atom stereocenters. The summed E-state index contributed by atoms with van der Waals surface area (Å²) in [7, 11) is 0. The van der Waals surface area contributed by atoms with Crippen molar-refractivity contribution in [3.05, 3.63) is 35.9 Å². The molecular weight excluding hydrogens is 351 g/mol. The third-order valence-corrected chi connectivity index (χ3v) is 3.00. The van der Waals surface area contributed by atoms with Crippen LogP contribution in [0.25, 0.3) is 0 Å². The SMILES string of the molecule is O=C(CCOCC(F)(F)F)N(CCBr)Cc1ccccc1. The van der Waals surface area contributed by atoms with Gasteiger partial charge in [0.2, 0.25) is 5.91 Å². The lowest BCUT2D eigenvalue weighted by Crippen LogP contribution is -2.33. The highest BCUT2D eigenvalue weighted by Gasteiger charge is 2.27. The standard InChI is InChI=1S/C14H17BrF3NO2/c15-7-8-19(10-12-4-2-1-3-5-12)13(20)6-9-21-11-14(16,17)18/h1-5H,6-11H2. The van der Waals surface area contributed by atoms with Crippen molar-refractivity contribution in [2.75, 3.05) is 25.1 Å². The number of carbonyl (C=O) groups excluding carboxylic acids is 1. The predicted octanol–water partition coefficient (Wildman–Crippen LogP) is 3.38. The number of nitrogens with zero attached hydrogens (tertiary/aromatic N) is 1. The Morgan fingerprint density at radius 2 is 1.90 bits per heavy atom. The van der Waals surface area contributed by atoms with Crippen molar-refractivity contribution in [1.82, 2.24) is 4.90 Å². The summed E-state index contributed by atoms with van der Waals surface area (Å²) < 4.78 is 40.2. The third-order valence-electron chi connectivity index (χ3n) is 2.65. The van der Waals surface area contributed by atoms with Gasteiger partial charge in [0.05, 0.1) is 13.0 Å². The van der Waals surface area contributed by atoms with Gasteiger partial charge in [-0.2, -0.15) is 13.2 Å². The number of rotatable bonds is 8. The highest BCUT2D eigenvalue weighted by molar-refractivity contribution is 9.09. The van der Waals surface area contributed by atoms with Crippen molar-refractivity contribution in [1.29, 1.82) is 0 Å². The van der Waals surface area contributed by atoms with Gasteiger partial charge in [-0.15, -0.1) is 0 Å². The fourth-order valence-corrected chi connectivity index (χ4v) is 2.13. The molecule has 0 bridgehead atoms. The summed E-state index contributed by atoms with van der Waals surface area (Å²) in [6, 6.07) is 9.42. The Morgan fingerprint density at radius 1 is 1.24 bits per heavy atom. The molecule has 0 spiro atoms. The van der Waals surface area contributed by atoms with Crippen LogP contribution in [0, 0.1) is 0 Å². The van der Waals surface area contributed by atoms with Crippen LogP contribution in [0.5, 0.6) is 0 Å².